The Kier molecular flexibility index (Phi) is 5.60. The molecule has 5 nitrogen and oxygen atoms in total. The van der Waals surface area contributed by atoms with Gasteiger partial charge in [0.25, 0.3) is 0 Å². The zero-order valence-corrected chi connectivity index (χ0v) is 12.8. The minimum atomic E-state index is -0.567. The van der Waals surface area contributed by atoms with Crippen molar-refractivity contribution in [2.24, 2.45) is 0 Å². The third-order valence-corrected chi connectivity index (χ3v) is 3.71. The Morgan fingerprint density at radius 1 is 1.32 bits per heavy atom. The maximum Gasteiger partial charge on any atom is 0.411 e. The van der Waals surface area contributed by atoms with Gasteiger partial charge in [0.05, 0.1) is 17.3 Å². The zero-order valence-electron chi connectivity index (χ0n) is 12.0. The van der Waals surface area contributed by atoms with Crippen LogP contribution in [0.4, 0.5) is 20.7 Å². The third kappa shape index (κ3) is 4.63. The number of halogens is 1. The van der Waals surface area contributed by atoms with E-state index >= 15 is 0 Å². The van der Waals surface area contributed by atoms with Gasteiger partial charge in [0.15, 0.2) is 0 Å². The predicted octanol–water partition coefficient (Wildman–Crippen LogP) is 3.66. The summed E-state index contributed by atoms with van der Waals surface area (Å²) in [6.45, 7) is 2.00. The van der Waals surface area contributed by atoms with Gasteiger partial charge in [-0.15, -0.1) is 11.8 Å². The molecule has 1 aromatic heterocycles. The first-order chi connectivity index (χ1) is 10.6. The summed E-state index contributed by atoms with van der Waals surface area (Å²) in [4.78, 5) is 15.6. The molecule has 0 aliphatic carbocycles. The molecule has 0 atom stereocenters. The predicted molar refractivity (Wildman–Crippen MR) is 85.3 cm³/mol. The standard InChI is InChI=1S/C15H16FN3O2S/c1-2-21-15(20)18-12-7-8-13(19-14(12)17)22-9-10-3-5-11(16)6-4-10/h3-8H,2,9H2,1H3,(H2,17,19)(H,18,20). The summed E-state index contributed by atoms with van der Waals surface area (Å²) in [7, 11) is 0. The van der Waals surface area contributed by atoms with Crippen LogP contribution in [0, 0.1) is 5.82 Å². The summed E-state index contributed by atoms with van der Waals surface area (Å²) in [6, 6.07) is 9.72. The second kappa shape index (κ2) is 7.65. The molecule has 3 N–H and O–H groups in total. The molecule has 0 spiro atoms. The highest BCUT2D eigenvalue weighted by molar-refractivity contribution is 7.98. The van der Waals surface area contributed by atoms with Crippen LogP contribution in [0.5, 0.6) is 0 Å². The van der Waals surface area contributed by atoms with Crippen molar-refractivity contribution in [3.63, 3.8) is 0 Å². The van der Waals surface area contributed by atoms with E-state index in [2.05, 4.69) is 10.3 Å². The van der Waals surface area contributed by atoms with E-state index in [4.69, 9.17) is 10.5 Å². The average molecular weight is 321 g/mol. The molecule has 0 radical (unpaired) electrons. The molecule has 0 fully saturated rings. The maximum absolute atomic E-state index is 12.8. The van der Waals surface area contributed by atoms with E-state index in [1.54, 1.807) is 31.2 Å². The number of rotatable bonds is 5. The Labute approximate surface area is 132 Å². The summed E-state index contributed by atoms with van der Waals surface area (Å²) >= 11 is 1.47. The summed E-state index contributed by atoms with van der Waals surface area (Å²) in [6.07, 6.45) is -0.567. The first-order valence-electron chi connectivity index (χ1n) is 6.66. The van der Waals surface area contributed by atoms with Gasteiger partial charge in [0.2, 0.25) is 0 Å². The van der Waals surface area contributed by atoms with Crippen LogP contribution in [0.25, 0.3) is 0 Å². The fraction of sp³-hybridized carbons (Fsp3) is 0.200. The van der Waals surface area contributed by atoms with Crippen molar-refractivity contribution in [1.29, 1.82) is 0 Å². The third-order valence-electron chi connectivity index (χ3n) is 2.71. The number of nitrogens with two attached hydrogens (primary N) is 1. The van der Waals surface area contributed by atoms with Crippen LogP contribution >= 0.6 is 11.8 Å². The summed E-state index contributed by atoms with van der Waals surface area (Å²) in [5.41, 5.74) is 7.20. The molecule has 2 rings (SSSR count). The van der Waals surface area contributed by atoms with Crippen LogP contribution in [0.1, 0.15) is 12.5 Å². The van der Waals surface area contributed by atoms with Crippen LogP contribution in [-0.4, -0.2) is 17.7 Å². The lowest BCUT2D eigenvalue weighted by atomic mass is 10.2. The number of nitrogens with one attached hydrogen (secondary N) is 1. The molecule has 0 saturated heterocycles. The number of nitrogens with zero attached hydrogens (tertiary/aromatic N) is 1. The van der Waals surface area contributed by atoms with Crippen molar-refractivity contribution in [2.75, 3.05) is 17.7 Å². The van der Waals surface area contributed by atoms with E-state index in [0.29, 0.717) is 11.4 Å². The van der Waals surface area contributed by atoms with Gasteiger partial charge in [0, 0.05) is 5.75 Å². The number of hydrogen-bond donors (Lipinski definition) is 2. The first kappa shape index (κ1) is 16.1. The Balaban J connectivity index is 1.97. The van der Waals surface area contributed by atoms with Gasteiger partial charge in [-0.3, -0.25) is 5.32 Å². The van der Waals surface area contributed by atoms with E-state index in [-0.39, 0.29) is 18.2 Å². The smallest absolute Gasteiger partial charge is 0.411 e. The molecule has 1 heterocycles. The molecular weight excluding hydrogens is 305 g/mol. The van der Waals surface area contributed by atoms with Crippen molar-refractivity contribution in [2.45, 2.75) is 17.7 Å². The molecule has 0 unspecified atom stereocenters. The molecule has 1 aromatic carbocycles. The molecule has 116 valence electrons. The van der Waals surface area contributed by atoms with Crippen LogP contribution < -0.4 is 11.1 Å². The Hall–Kier alpha value is -2.28. The molecule has 2 aromatic rings. The minimum Gasteiger partial charge on any atom is -0.450 e. The Bertz CT molecular complexity index is 650. The van der Waals surface area contributed by atoms with Gasteiger partial charge >= 0.3 is 6.09 Å². The van der Waals surface area contributed by atoms with Gasteiger partial charge in [-0.2, -0.15) is 0 Å². The highest BCUT2D eigenvalue weighted by atomic mass is 32.2. The van der Waals surface area contributed by atoms with Crippen molar-refractivity contribution in [3.8, 4) is 0 Å². The average Bonchev–Trinajstić information content (AvgIpc) is 2.49. The lowest BCUT2D eigenvalue weighted by Gasteiger charge is -2.09. The highest BCUT2D eigenvalue weighted by Crippen LogP contribution is 2.25. The first-order valence-corrected chi connectivity index (χ1v) is 7.64. The van der Waals surface area contributed by atoms with Crippen molar-refractivity contribution >= 4 is 29.4 Å². The number of thioether (sulfide) groups is 1. The van der Waals surface area contributed by atoms with Crippen LogP contribution in [0.2, 0.25) is 0 Å². The van der Waals surface area contributed by atoms with Crippen LogP contribution in [0.3, 0.4) is 0 Å². The minimum absolute atomic E-state index is 0.220. The van der Waals surface area contributed by atoms with Gasteiger partial charge in [0.1, 0.15) is 11.6 Å². The number of pyridine rings is 1. The highest BCUT2D eigenvalue weighted by Gasteiger charge is 2.08. The number of benzene rings is 1. The van der Waals surface area contributed by atoms with E-state index < -0.39 is 6.09 Å². The molecule has 22 heavy (non-hydrogen) atoms. The number of carbonyl (C=O) groups is 1. The van der Waals surface area contributed by atoms with Crippen molar-refractivity contribution in [1.82, 2.24) is 4.98 Å². The number of anilines is 2. The SMILES string of the molecule is CCOC(=O)Nc1ccc(SCc2ccc(F)cc2)nc1N. The fourth-order valence-corrected chi connectivity index (χ4v) is 2.49. The number of ether oxygens (including phenoxy) is 1. The molecule has 1 amide bonds. The Morgan fingerprint density at radius 2 is 2.05 bits per heavy atom. The normalized spacial score (nSPS) is 10.3. The summed E-state index contributed by atoms with van der Waals surface area (Å²) in [5.74, 6) is 0.611. The second-order valence-corrected chi connectivity index (χ2v) is 5.34. The quantitative estimate of drug-likeness (QED) is 0.822. The number of hydrogen-bond acceptors (Lipinski definition) is 5. The maximum atomic E-state index is 12.8. The topological polar surface area (TPSA) is 77.2 Å². The molecule has 7 heteroatoms. The number of carbonyl (C=O) groups excluding carboxylic acids is 1. The lowest BCUT2D eigenvalue weighted by molar-refractivity contribution is 0.168. The van der Waals surface area contributed by atoms with Crippen molar-refractivity contribution in [3.05, 3.63) is 47.8 Å². The number of nitrogen functional groups attached to an aromatic ring is 1. The van der Waals surface area contributed by atoms with Gasteiger partial charge < -0.3 is 10.5 Å². The van der Waals surface area contributed by atoms with E-state index in [1.807, 2.05) is 0 Å². The van der Waals surface area contributed by atoms with Crippen LogP contribution in [0.15, 0.2) is 41.4 Å². The Morgan fingerprint density at radius 3 is 2.68 bits per heavy atom. The number of amides is 1. The van der Waals surface area contributed by atoms with Gasteiger partial charge in [-0.05, 0) is 36.8 Å². The van der Waals surface area contributed by atoms with Gasteiger partial charge in [-0.25, -0.2) is 14.2 Å². The molecule has 0 aliphatic rings. The monoisotopic (exact) mass is 321 g/mol. The number of aromatic nitrogens is 1. The fourth-order valence-electron chi connectivity index (χ4n) is 1.66. The van der Waals surface area contributed by atoms with Gasteiger partial charge in [-0.1, -0.05) is 12.1 Å². The zero-order chi connectivity index (χ0) is 15.9. The van der Waals surface area contributed by atoms with E-state index in [1.165, 1.54) is 23.9 Å². The lowest BCUT2D eigenvalue weighted by Crippen LogP contribution is -2.15. The largest absolute Gasteiger partial charge is 0.450 e. The molecular formula is C15H16FN3O2S. The molecule has 0 aliphatic heterocycles. The van der Waals surface area contributed by atoms with Crippen LogP contribution in [-0.2, 0) is 10.5 Å². The van der Waals surface area contributed by atoms with Crippen molar-refractivity contribution < 1.29 is 13.9 Å². The van der Waals surface area contributed by atoms with E-state index in [0.717, 1.165) is 10.6 Å². The molecule has 0 saturated carbocycles. The molecule has 0 bridgehead atoms. The summed E-state index contributed by atoms with van der Waals surface area (Å²) in [5, 5.41) is 3.24. The second-order valence-electron chi connectivity index (χ2n) is 4.34. The summed E-state index contributed by atoms with van der Waals surface area (Å²) < 4.78 is 17.6. The van der Waals surface area contributed by atoms with E-state index in [9.17, 15) is 9.18 Å².